The van der Waals surface area contributed by atoms with Crippen LogP contribution in [-0.2, 0) is 6.42 Å². The summed E-state index contributed by atoms with van der Waals surface area (Å²) in [6.07, 6.45) is 7.35. The average Bonchev–Trinajstić information content (AvgIpc) is 2.84. The molecular formula is C28H36N2O3. The van der Waals surface area contributed by atoms with Gasteiger partial charge in [0.15, 0.2) is 0 Å². The van der Waals surface area contributed by atoms with Crippen molar-refractivity contribution in [1.29, 1.82) is 0 Å². The third-order valence-electron chi connectivity index (χ3n) is 6.14. The zero-order valence-electron chi connectivity index (χ0n) is 19.4. The first-order chi connectivity index (χ1) is 16.0. The van der Waals surface area contributed by atoms with Crippen molar-refractivity contribution in [3.63, 3.8) is 0 Å². The molecule has 0 bridgehead atoms. The van der Waals surface area contributed by atoms with Crippen LogP contribution in [0.2, 0.25) is 0 Å². The summed E-state index contributed by atoms with van der Waals surface area (Å²) < 4.78 is 6.16. The van der Waals surface area contributed by atoms with Crippen LogP contribution in [-0.4, -0.2) is 53.8 Å². The molecular weight excluding hydrogens is 412 g/mol. The van der Waals surface area contributed by atoms with E-state index >= 15 is 0 Å². The van der Waals surface area contributed by atoms with Crippen LogP contribution in [0.15, 0.2) is 79.9 Å². The highest BCUT2D eigenvalue weighted by atomic mass is 16.5. The Balaban J connectivity index is 1.41. The number of piperidine rings is 1. The number of hydrogen-bond acceptors (Lipinski definition) is 4. The van der Waals surface area contributed by atoms with Gasteiger partial charge < -0.3 is 20.1 Å². The summed E-state index contributed by atoms with van der Waals surface area (Å²) >= 11 is 0. The molecule has 1 aliphatic rings. The molecule has 0 aliphatic carbocycles. The Labute approximate surface area is 197 Å². The van der Waals surface area contributed by atoms with Crippen molar-refractivity contribution in [2.24, 2.45) is 0 Å². The first-order valence-electron chi connectivity index (χ1n) is 11.8. The lowest BCUT2D eigenvalue weighted by Gasteiger charge is -2.32. The zero-order valence-corrected chi connectivity index (χ0v) is 19.4. The third-order valence-corrected chi connectivity index (χ3v) is 6.14. The summed E-state index contributed by atoms with van der Waals surface area (Å²) in [5, 5.41) is 13.4. The number of aliphatic hydroxyl groups is 1. The van der Waals surface area contributed by atoms with Crippen LogP contribution in [0.1, 0.15) is 41.6 Å². The number of hydrogen-bond donors (Lipinski definition) is 2. The highest BCUT2D eigenvalue weighted by Gasteiger charge is 2.25. The monoisotopic (exact) mass is 448 g/mol. The summed E-state index contributed by atoms with van der Waals surface area (Å²) in [5.41, 5.74) is 0.863. The number of likely N-dealkylation sites (tertiary alicyclic amines) is 1. The van der Waals surface area contributed by atoms with E-state index in [9.17, 15) is 9.90 Å². The number of carbonyl (C=O) groups is 1. The lowest BCUT2D eigenvalue weighted by molar-refractivity contribution is 0.0437. The lowest BCUT2D eigenvalue weighted by Crippen LogP contribution is -2.42. The molecule has 5 heteroatoms. The number of carbonyl (C=O) groups excluding carboxylic acids is 1. The van der Waals surface area contributed by atoms with E-state index in [1.54, 1.807) is 24.3 Å². The van der Waals surface area contributed by atoms with Crippen molar-refractivity contribution in [2.75, 3.05) is 26.2 Å². The van der Waals surface area contributed by atoms with Gasteiger partial charge in [-0.2, -0.15) is 0 Å². The van der Waals surface area contributed by atoms with E-state index in [0.717, 1.165) is 44.6 Å². The molecule has 5 nitrogen and oxygen atoms in total. The molecule has 0 saturated carbocycles. The Morgan fingerprint density at radius 3 is 2.30 bits per heavy atom. The zero-order chi connectivity index (χ0) is 23.5. The molecule has 1 aliphatic heterocycles. The Kier molecular flexibility index (Phi) is 9.28. The van der Waals surface area contributed by atoms with Gasteiger partial charge in [-0.05, 0) is 61.9 Å². The predicted molar refractivity (Wildman–Crippen MR) is 134 cm³/mol. The minimum absolute atomic E-state index is 0.144. The molecule has 0 radical (unpaired) electrons. The van der Waals surface area contributed by atoms with Crippen LogP contribution in [0.5, 0.6) is 5.75 Å². The van der Waals surface area contributed by atoms with Gasteiger partial charge >= 0.3 is 0 Å². The van der Waals surface area contributed by atoms with E-state index < -0.39 is 5.60 Å². The number of ether oxygens (including phenoxy) is 1. The second kappa shape index (κ2) is 12.4. The number of nitrogens with zero attached hydrogens (tertiary/aromatic N) is 1. The van der Waals surface area contributed by atoms with E-state index in [0.29, 0.717) is 18.4 Å². The molecule has 1 fully saturated rings. The molecule has 0 atom stereocenters. The molecule has 33 heavy (non-hydrogen) atoms. The van der Waals surface area contributed by atoms with Gasteiger partial charge in [-0.15, -0.1) is 13.2 Å². The van der Waals surface area contributed by atoms with Crippen molar-refractivity contribution in [3.05, 3.63) is 91.0 Å². The van der Waals surface area contributed by atoms with Gasteiger partial charge in [0.1, 0.15) is 11.9 Å². The molecule has 176 valence electrons. The summed E-state index contributed by atoms with van der Waals surface area (Å²) in [7, 11) is 0. The van der Waals surface area contributed by atoms with E-state index in [1.807, 2.05) is 12.1 Å². The van der Waals surface area contributed by atoms with Crippen molar-refractivity contribution in [2.45, 2.75) is 43.8 Å². The first kappa shape index (κ1) is 24.7. The average molecular weight is 449 g/mol. The van der Waals surface area contributed by atoms with Crippen molar-refractivity contribution in [1.82, 2.24) is 10.2 Å². The summed E-state index contributed by atoms with van der Waals surface area (Å²) in [4.78, 5) is 15.0. The first-order valence-corrected chi connectivity index (χ1v) is 11.8. The van der Waals surface area contributed by atoms with Crippen molar-refractivity contribution in [3.8, 4) is 5.75 Å². The molecule has 1 heterocycles. The van der Waals surface area contributed by atoms with Crippen molar-refractivity contribution < 1.29 is 14.6 Å². The van der Waals surface area contributed by atoms with Gasteiger partial charge in [-0.1, -0.05) is 42.5 Å². The summed E-state index contributed by atoms with van der Waals surface area (Å²) in [5.74, 6) is 0.559. The molecule has 1 amide bonds. The summed E-state index contributed by atoms with van der Waals surface area (Å²) in [6.45, 7) is 10.6. The van der Waals surface area contributed by atoms with Gasteiger partial charge in [-0.3, -0.25) is 4.79 Å². The van der Waals surface area contributed by atoms with E-state index in [4.69, 9.17) is 4.74 Å². The van der Waals surface area contributed by atoms with Crippen LogP contribution >= 0.6 is 0 Å². The highest BCUT2D eigenvalue weighted by Crippen LogP contribution is 2.20. The Hall–Kier alpha value is -2.89. The topological polar surface area (TPSA) is 61.8 Å². The van der Waals surface area contributed by atoms with Crippen molar-refractivity contribution >= 4 is 5.91 Å². The maximum atomic E-state index is 12.5. The smallest absolute Gasteiger partial charge is 0.251 e. The number of nitrogens with one attached hydrogen (secondary N) is 1. The summed E-state index contributed by atoms with van der Waals surface area (Å²) in [6, 6.07) is 17.8. The highest BCUT2D eigenvalue weighted by molar-refractivity contribution is 5.94. The van der Waals surface area contributed by atoms with E-state index in [2.05, 4.69) is 53.7 Å². The number of amides is 1. The van der Waals surface area contributed by atoms with Crippen LogP contribution in [0.3, 0.4) is 0 Å². The fourth-order valence-electron chi connectivity index (χ4n) is 4.17. The molecule has 0 unspecified atom stereocenters. The second-order valence-corrected chi connectivity index (χ2v) is 8.81. The standard InChI is InChI=1S/C28H36N2O3/c1-3-17-28(32,18-4-2)22-29-27(31)24-10-12-25(13-11-24)33-26-15-20-30(21-16-26)19-14-23-8-6-5-7-9-23/h3-13,26,32H,1-2,14-22H2,(H,29,31). The molecule has 2 N–H and O–H groups in total. The number of rotatable bonds is 12. The normalized spacial score (nSPS) is 15.1. The van der Waals surface area contributed by atoms with Crippen LogP contribution < -0.4 is 10.1 Å². The predicted octanol–water partition coefficient (Wildman–Crippen LogP) is 4.39. The van der Waals surface area contributed by atoms with Gasteiger partial charge in [-0.25, -0.2) is 0 Å². The Morgan fingerprint density at radius 1 is 1.06 bits per heavy atom. The quantitative estimate of drug-likeness (QED) is 0.473. The molecule has 2 aromatic carbocycles. The number of benzene rings is 2. The third kappa shape index (κ3) is 7.88. The second-order valence-electron chi connectivity index (χ2n) is 8.81. The lowest BCUT2D eigenvalue weighted by atomic mass is 9.95. The van der Waals surface area contributed by atoms with Gasteiger partial charge in [0.25, 0.3) is 5.91 Å². The Morgan fingerprint density at radius 2 is 1.70 bits per heavy atom. The van der Waals surface area contributed by atoms with Gasteiger partial charge in [0.2, 0.25) is 0 Å². The minimum atomic E-state index is -1.06. The molecule has 0 aromatic heterocycles. The fraction of sp³-hybridized carbons (Fsp3) is 0.393. The maximum Gasteiger partial charge on any atom is 0.251 e. The Bertz CT molecular complexity index is 877. The van der Waals surface area contributed by atoms with Gasteiger partial charge in [0.05, 0.1) is 5.60 Å². The molecule has 1 saturated heterocycles. The SMILES string of the molecule is C=CCC(O)(CC=C)CNC(=O)c1ccc(OC2CCN(CCc3ccccc3)CC2)cc1. The van der Waals surface area contributed by atoms with Gasteiger partial charge in [0, 0.05) is 31.7 Å². The molecule has 2 aromatic rings. The maximum absolute atomic E-state index is 12.5. The largest absolute Gasteiger partial charge is 0.490 e. The van der Waals surface area contributed by atoms with Crippen LogP contribution in [0.4, 0.5) is 0 Å². The van der Waals surface area contributed by atoms with E-state index in [-0.39, 0.29) is 18.6 Å². The fourth-order valence-corrected chi connectivity index (χ4v) is 4.17. The minimum Gasteiger partial charge on any atom is -0.490 e. The van der Waals surface area contributed by atoms with Crippen LogP contribution in [0.25, 0.3) is 0 Å². The van der Waals surface area contributed by atoms with E-state index in [1.165, 1.54) is 5.56 Å². The van der Waals surface area contributed by atoms with Crippen LogP contribution in [0, 0.1) is 0 Å². The molecule has 0 spiro atoms. The molecule has 3 rings (SSSR count).